The molecule has 2 atom stereocenters. The molecule has 2 amide bonds. The van der Waals surface area contributed by atoms with E-state index in [0.29, 0.717) is 36.0 Å². The van der Waals surface area contributed by atoms with E-state index in [1.807, 2.05) is 45.0 Å². The first-order valence-electron chi connectivity index (χ1n) is 10.2. The number of nitrogens with one attached hydrogen (secondary N) is 2. The van der Waals surface area contributed by atoms with Crippen molar-refractivity contribution in [1.82, 2.24) is 10.6 Å². The van der Waals surface area contributed by atoms with Gasteiger partial charge in [-0.25, -0.2) is 0 Å². The largest absolute Gasteiger partial charge is 0.494 e. The fraction of sp³-hybridized carbons (Fsp3) is 0.391. The molecule has 0 fully saturated rings. The minimum Gasteiger partial charge on any atom is -0.494 e. The van der Waals surface area contributed by atoms with Gasteiger partial charge in [-0.1, -0.05) is 26.0 Å². The molecule has 0 spiro atoms. The first-order chi connectivity index (χ1) is 14.5. The Hall–Kier alpha value is -3.22. The number of benzene rings is 2. The van der Waals surface area contributed by atoms with Gasteiger partial charge in [-0.05, 0) is 49.2 Å². The van der Waals surface area contributed by atoms with Crippen molar-refractivity contribution in [2.75, 3.05) is 19.8 Å². The maximum absolute atomic E-state index is 12.7. The third-order valence-corrected chi connectivity index (χ3v) is 4.73. The summed E-state index contributed by atoms with van der Waals surface area (Å²) < 4.78 is 16.9. The average molecular weight is 412 g/mol. The zero-order valence-electron chi connectivity index (χ0n) is 17.5. The third-order valence-electron chi connectivity index (χ3n) is 4.73. The van der Waals surface area contributed by atoms with E-state index in [1.165, 1.54) is 0 Å². The number of hydrogen-bond acceptors (Lipinski definition) is 5. The van der Waals surface area contributed by atoms with Crippen LogP contribution in [0.2, 0.25) is 0 Å². The van der Waals surface area contributed by atoms with E-state index >= 15 is 0 Å². The SMILES string of the molecule is CCOc1ccc(C(=O)N[C@H](C(=O)NC[C@H]2COc3ccccc3O2)C(C)C)cc1. The summed E-state index contributed by atoms with van der Waals surface area (Å²) in [7, 11) is 0. The molecule has 0 unspecified atom stereocenters. The molecule has 1 aliphatic rings. The van der Waals surface area contributed by atoms with E-state index in [2.05, 4.69) is 10.6 Å². The molecule has 1 aliphatic heterocycles. The number of para-hydroxylation sites is 2. The van der Waals surface area contributed by atoms with E-state index in [9.17, 15) is 9.59 Å². The van der Waals surface area contributed by atoms with Crippen molar-refractivity contribution in [2.45, 2.75) is 32.9 Å². The average Bonchev–Trinajstić information content (AvgIpc) is 2.76. The molecule has 30 heavy (non-hydrogen) atoms. The second-order valence-corrected chi connectivity index (χ2v) is 7.40. The van der Waals surface area contributed by atoms with E-state index in [-0.39, 0.29) is 30.4 Å². The Morgan fingerprint density at radius 1 is 1.10 bits per heavy atom. The quantitative estimate of drug-likeness (QED) is 0.696. The number of hydrogen-bond donors (Lipinski definition) is 2. The number of carbonyl (C=O) groups excluding carboxylic acids is 2. The fourth-order valence-corrected chi connectivity index (χ4v) is 3.12. The summed E-state index contributed by atoms with van der Waals surface area (Å²) in [4.78, 5) is 25.3. The maximum Gasteiger partial charge on any atom is 0.251 e. The minimum atomic E-state index is -0.666. The van der Waals surface area contributed by atoms with Crippen molar-refractivity contribution >= 4 is 11.8 Å². The molecule has 0 saturated heterocycles. The van der Waals surface area contributed by atoms with Crippen molar-refractivity contribution in [3.05, 3.63) is 54.1 Å². The van der Waals surface area contributed by atoms with Gasteiger partial charge in [0.15, 0.2) is 11.5 Å². The fourth-order valence-electron chi connectivity index (χ4n) is 3.12. The van der Waals surface area contributed by atoms with Gasteiger partial charge < -0.3 is 24.8 Å². The van der Waals surface area contributed by atoms with Crippen molar-refractivity contribution in [1.29, 1.82) is 0 Å². The Kier molecular flexibility index (Phi) is 7.17. The lowest BCUT2D eigenvalue weighted by Gasteiger charge is -2.28. The molecule has 7 nitrogen and oxygen atoms in total. The zero-order chi connectivity index (χ0) is 21.5. The van der Waals surface area contributed by atoms with Crippen molar-refractivity contribution in [3.8, 4) is 17.2 Å². The second kappa shape index (κ2) is 10.0. The van der Waals surface area contributed by atoms with Gasteiger partial charge in [0.05, 0.1) is 13.2 Å². The minimum absolute atomic E-state index is 0.0825. The topological polar surface area (TPSA) is 85.9 Å². The van der Waals surface area contributed by atoms with Gasteiger partial charge >= 0.3 is 0 Å². The maximum atomic E-state index is 12.7. The molecule has 0 bridgehead atoms. The van der Waals surface area contributed by atoms with Crippen LogP contribution in [0.5, 0.6) is 17.2 Å². The number of carbonyl (C=O) groups is 2. The lowest BCUT2D eigenvalue weighted by atomic mass is 10.0. The standard InChI is InChI=1S/C23H28N2O5/c1-4-28-17-11-9-16(10-12-17)22(26)25-21(15(2)3)23(27)24-13-18-14-29-19-7-5-6-8-20(19)30-18/h5-12,15,18,21H,4,13-14H2,1-3H3,(H,24,27)(H,25,26)/t18-,21-/m0/s1. The predicted molar refractivity (Wildman–Crippen MR) is 113 cm³/mol. The van der Waals surface area contributed by atoms with Gasteiger partial charge in [-0.2, -0.15) is 0 Å². The Labute approximate surface area is 176 Å². The Morgan fingerprint density at radius 3 is 2.47 bits per heavy atom. The molecule has 7 heteroatoms. The molecule has 160 valence electrons. The monoisotopic (exact) mass is 412 g/mol. The highest BCUT2D eigenvalue weighted by Gasteiger charge is 2.27. The molecular weight excluding hydrogens is 384 g/mol. The highest BCUT2D eigenvalue weighted by atomic mass is 16.6. The normalized spacial score (nSPS) is 15.9. The third kappa shape index (κ3) is 5.43. The lowest BCUT2D eigenvalue weighted by Crippen LogP contribution is -2.52. The summed E-state index contributed by atoms with van der Waals surface area (Å²) in [5, 5.41) is 5.69. The van der Waals surface area contributed by atoms with Crippen LogP contribution < -0.4 is 24.8 Å². The van der Waals surface area contributed by atoms with Crippen LogP contribution in [0.15, 0.2) is 48.5 Å². The van der Waals surface area contributed by atoms with Crippen LogP contribution in [0.3, 0.4) is 0 Å². The van der Waals surface area contributed by atoms with Crippen LogP contribution in [-0.2, 0) is 4.79 Å². The Bertz CT molecular complexity index is 866. The Morgan fingerprint density at radius 2 is 1.80 bits per heavy atom. The Balaban J connectivity index is 1.55. The molecule has 2 aromatic carbocycles. The summed E-state index contributed by atoms with van der Waals surface area (Å²) in [6.07, 6.45) is -0.293. The molecule has 3 rings (SSSR count). The van der Waals surface area contributed by atoms with Gasteiger partial charge in [0, 0.05) is 5.56 Å². The molecule has 0 radical (unpaired) electrons. The first kappa shape index (κ1) is 21.5. The van der Waals surface area contributed by atoms with Crippen molar-refractivity contribution < 1.29 is 23.8 Å². The van der Waals surface area contributed by atoms with E-state index < -0.39 is 6.04 Å². The van der Waals surface area contributed by atoms with Crippen LogP contribution in [0, 0.1) is 5.92 Å². The van der Waals surface area contributed by atoms with E-state index in [1.54, 1.807) is 24.3 Å². The summed E-state index contributed by atoms with van der Waals surface area (Å²) >= 11 is 0. The van der Waals surface area contributed by atoms with Gasteiger partial charge in [-0.3, -0.25) is 9.59 Å². The molecule has 0 aliphatic carbocycles. The van der Waals surface area contributed by atoms with Crippen molar-refractivity contribution in [2.24, 2.45) is 5.92 Å². The first-order valence-corrected chi connectivity index (χ1v) is 10.2. The molecule has 0 aromatic heterocycles. The van der Waals surface area contributed by atoms with E-state index in [4.69, 9.17) is 14.2 Å². The highest BCUT2D eigenvalue weighted by Crippen LogP contribution is 2.30. The molecular formula is C23H28N2O5. The number of rotatable bonds is 8. The lowest BCUT2D eigenvalue weighted by molar-refractivity contribution is -0.124. The number of amides is 2. The second-order valence-electron chi connectivity index (χ2n) is 7.40. The van der Waals surface area contributed by atoms with Crippen LogP contribution in [0.1, 0.15) is 31.1 Å². The summed E-state index contributed by atoms with van der Waals surface area (Å²) in [5.41, 5.74) is 0.470. The number of ether oxygens (including phenoxy) is 3. The zero-order valence-corrected chi connectivity index (χ0v) is 17.5. The van der Waals surface area contributed by atoms with Crippen LogP contribution in [-0.4, -0.2) is 43.7 Å². The van der Waals surface area contributed by atoms with Crippen LogP contribution in [0.4, 0.5) is 0 Å². The smallest absolute Gasteiger partial charge is 0.251 e. The predicted octanol–water partition coefficient (Wildman–Crippen LogP) is 2.80. The van der Waals surface area contributed by atoms with E-state index in [0.717, 1.165) is 0 Å². The molecule has 1 heterocycles. The van der Waals surface area contributed by atoms with Gasteiger partial charge in [0.25, 0.3) is 5.91 Å². The summed E-state index contributed by atoms with van der Waals surface area (Å²) in [6, 6.07) is 13.6. The summed E-state index contributed by atoms with van der Waals surface area (Å²) in [6.45, 7) is 6.87. The highest BCUT2D eigenvalue weighted by molar-refractivity contribution is 5.97. The van der Waals surface area contributed by atoms with Gasteiger partial charge in [0.1, 0.15) is 24.5 Å². The summed E-state index contributed by atoms with van der Waals surface area (Å²) in [5.74, 6) is 1.41. The molecule has 2 N–H and O–H groups in total. The van der Waals surface area contributed by atoms with Crippen LogP contribution in [0.25, 0.3) is 0 Å². The van der Waals surface area contributed by atoms with Crippen molar-refractivity contribution in [3.63, 3.8) is 0 Å². The molecule has 2 aromatic rings. The van der Waals surface area contributed by atoms with Crippen LogP contribution >= 0.6 is 0 Å². The number of fused-ring (bicyclic) bond motifs is 1. The van der Waals surface area contributed by atoms with Gasteiger partial charge in [-0.15, -0.1) is 0 Å². The molecule has 0 saturated carbocycles. The van der Waals surface area contributed by atoms with Gasteiger partial charge in [0.2, 0.25) is 5.91 Å².